The van der Waals surface area contributed by atoms with Crippen LogP contribution in [0.3, 0.4) is 0 Å². The molecule has 1 heterocycles. The predicted molar refractivity (Wildman–Crippen MR) is 104 cm³/mol. The van der Waals surface area contributed by atoms with E-state index in [0.717, 1.165) is 23.3 Å². The van der Waals surface area contributed by atoms with E-state index in [9.17, 15) is 23.4 Å². The summed E-state index contributed by atoms with van der Waals surface area (Å²) in [5.74, 6) is -0.473. The van der Waals surface area contributed by atoms with Crippen LogP contribution >= 0.6 is 0 Å². The molecule has 158 valence electrons. The molecule has 1 fully saturated rings. The van der Waals surface area contributed by atoms with Gasteiger partial charge in [0, 0.05) is 19.0 Å². The highest BCUT2D eigenvalue weighted by molar-refractivity contribution is 5.68. The van der Waals surface area contributed by atoms with E-state index in [4.69, 9.17) is 4.74 Å². The number of morpholine rings is 1. The fourth-order valence-electron chi connectivity index (χ4n) is 3.71. The SMILES string of the molecule is CC(c1ccccc1-c1ccc(C(F)(F)F)cc1)C(C)(O)C(O)N1CCOCC1. The first kappa shape index (κ1) is 21.8. The van der Waals surface area contributed by atoms with Crippen LogP contribution in [-0.2, 0) is 10.9 Å². The normalized spacial score (nSPS) is 20.1. The minimum absolute atomic E-state index is 0.473. The number of hydrogen-bond donors (Lipinski definition) is 2. The van der Waals surface area contributed by atoms with Crippen molar-refractivity contribution in [3.63, 3.8) is 0 Å². The quantitative estimate of drug-likeness (QED) is 0.787. The molecule has 3 unspecified atom stereocenters. The van der Waals surface area contributed by atoms with Crippen LogP contribution < -0.4 is 0 Å². The summed E-state index contributed by atoms with van der Waals surface area (Å²) in [5, 5.41) is 22.0. The molecular weight excluding hydrogens is 383 g/mol. The summed E-state index contributed by atoms with van der Waals surface area (Å²) in [6, 6.07) is 12.2. The minimum Gasteiger partial charge on any atom is -0.385 e. The van der Waals surface area contributed by atoms with Crippen molar-refractivity contribution in [1.82, 2.24) is 4.90 Å². The average molecular weight is 409 g/mol. The standard InChI is InChI=1S/C22H26F3NO3/c1-15(21(2,28)20(27)26-11-13-29-14-12-26)18-5-3-4-6-19(18)16-7-9-17(10-8-16)22(23,24)25/h3-10,15,20,27-28H,11-14H2,1-2H3. The van der Waals surface area contributed by atoms with Gasteiger partial charge in [0.15, 0.2) is 0 Å². The van der Waals surface area contributed by atoms with Crippen molar-refractivity contribution in [2.24, 2.45) is 0 Å². The Morgan fingerprint density at radius 2 is 1.59 bits per heavy atom. The van der Waals surface area contributed by atoms with Crippen molar-refractivity contribution in [2.45, 2.75) is 37.8 Å². The molecule has 7 heteroatoms. The van der Waals surface area contributed by atoms with E-state index in [2.05, 4.69) is 0 Å². The molecule has 0 amide bonds. The van der Waals surface area contributed by atoms with Gasteiger partial charge in [-0.3, -0.25) is 4.90 Å². The van der Waals surface area contributed by atoms with Crippen molar-refractivity contribution in [3.8, 4) is 11.1 Å². The van der Waals surface area contributed by atoms with Gasteiger partial charge in [0.05, 0.1) is 18.8 Å². The molecular formula is C22H26F3NO3. The Balaban J connectivity index is 1.91. The van der Waals surface area contributed by atoms with Crippen LogP contribution in [-0.4, -0.2) is 53.2 Å². The lowest BCUT2D eigenvalue weighted by molar-refractivity contribution is -0.167. The Morgan fingerprint density at radius 1 is 1.00 bits per heavy atom. The molecule has 3 rings (SSSR count). The van der Waals surface area contributed by atoms with Crippen molar-refractivity contribution >= 4 is 0 Å². The molecule has 0 bridgehead atoms. The van der Waals surface area contributed by atoms with Crippen LogP contribution in [0, 0.1) is 0 Å². The van der Waals surface area contributed by atoms with Crippen LogP contribution in [0.2, 0.25) is 0 Å². The zero-order valence-corrected chi connectivity index (χ0v) is 16.5. The monoisotopic (exact) mass is 409 g/mol. The lowest BCUT2D eigenvalue weighted by Crippen LogP contribution is -2.56. The molecule has 2 aromatic carbocycles. The third kappa shape index (κ3) is 4.64. The van der Waals surface area contributed by atoms with E-state index in [1.807, 2.05) is 25.1 Å². The van der Waals surface area contributed by atoms with Gasteiger partial charge in [-0.1, -0.05) is 43.3 Å². The maximum absolute atomic E-state index is 12.9. The number of nitrogens with zero attached hydrogens (tertiary/aromatic N) is 1. The molecule has 2 aromatic rings. The van der Waals surface area contributed by atoms with Crippen molar-refractivity contribution in [2.75, 3.05) is 26.3 Å². The fraction of sp³-hybridized carbons (Fsp3) is 0.455. The first-order valence-electron chi connectivity index (χ1n) is 9.61. The van der Waals surface area contributed by atoms with E-state index in [1.54, 1.807) is 17.9 Å². The first-order chi connectivity index (χ1) is 13.6. The van der Waals surface area contributed by atoms with E-state index in [0.29, 0.717) is 31.9 Å². The van der Waals surface area contributed by atoms with Gasteiger partial charge < -0.3 is 14.9 Å². The van der Waals surface area contributed by atoms with E-state index in [1.165, 1.54) is 12.1 Å². The van der Waals surface area contributed by atoms with E-state index >= 15 is 0 Å². The van der Waals surface area contributed by atoms with Crippen LogP contribution in [0.5, 0.6) is 0 Å². The van der Waals surface area contributed by atoms with Gasteiger partial charge in [0.25, 0.3) is 0 Å². The van der Waals surface area contributed by atoms with Gasteiger partial charge in [0.2, 0.25) is 0 Å². The molecule has 29 heavy (non-hydrogen) atoms. The Labute approximate surface area is 168 Å². The number of benzene rings is 2. The second-order valence-corrected chi connectivity index (χ2v) is 7.63. The zero-order chi connectivity index (χ0) is 21.2. The highest BCUT2D eigenvalue weighted by Gasteiger charge is 2.41. The first-order valence-corrected chi connectivity index (χ1v) is 9.61. The van der Waals surface area contributed by atoms with Gasteiger partial charge in [0.1, 0.15) is 11.8 Å². The predicted octanol–water partition coefficient (Wildman–Crippen LogP) is 3.88. The molecule has 0 saturated carbocycles. The van der Waals surface area contributed by atoms with Gasteiger partial charge in [-0.2, -0.15) is 13.2 Å². The average Bonchev–Trinajstić information content (AvgIpc) is 2.72. The van der Waals surface area contributed by atoms with Gasteiger partial charge in [-0.25, -0.2) is 0 Å². The van der Waals surface area contributed by atoms with Crippen molar-refractivity contribution in [1.29, 1.82) is 0 Å². The Bertz CT molecular complexity index is 815. The minimum atomic E-state index is -4.39. The molecule has 1 aliphatic rings. The number of hydrogen-bond acceptors (Lipinski definition) is 4. The second kappa shape index (κ2) is 8.44. The maximum atomic E-state index is 12.9. The summed E-state index contributed by atoms with van der Waals surface area (Å²) in [4.78, 5) is 1.78. The smallest absolute Gasteiger partial charge is 0.385 e. The van der Waals surface area contributed by atoms with Crippen LogP contribution in [0.4, 0.5) is 13.2 Å². The van der Waals surface area contributed by atoms with Crippen molar-refractivity contribution < 1.29 is 28.1 Å². The number of aliphatic hydroxyl groups is 2. The molecule has 4 nitrogen and oxygen atoms in total. The Kier molecular flexibility index (Phi) is 6.33. The third-order valence-electron chi connectivity index (χ3n) is 5.74. The molecule has 2 N–H and O–H groups in total. The summed E-state index contributed by atoms with van der Waals surface area (Å²) in [6.45, 7) is 5.41. The lowest BCUT2D eigenvalue weighted by atomic mass is 9.79. The summed E-state index contributed by atoms with van der Waals surface area (Å²) in [6.07, 6.45) is -5.49. The third-order valence-corrected chi connectivity index (χ3v) is 5.74. The van der Waals surface area contributed by atoms with Crippen LogP contribution in [0.25, 0.3) is 11.1 Å². The topological polar surface area (TPSA) is 52.9 Å². The molecule has 0 aliphatic carbocycles. The number of halogens is 3. The fourth-order valence-corrected chi connectivity index (χ4v) is 3.71. The lowest BCUT2D eigenvalue weighted by Gasteiger charge is -2.42. The van der Waals surface area contributed by atoms with Crippen molar-refractivity contribution in [3.05, 3.63) is 59.7 Å². The highest BCUT2D eigenvalue weighted by atomic mass is 19.4. The maximum Gasteiger partial charge on any atom is 0.416 e. The summed E-state index contributed by atoms with van der Waals surface area (Å²) in [7, 11) is 0. The highest BCUT2D eigenvalue weighted by Crippen LogP contribution is 2.38. The van der Waals surface area contributed by atoms with Gasteiger partial charge in [-0.15, -0.1) is 0 Å². The molecule has 1 aliphatic heterocycles. The van der Waals surface area contributed by atoms with E-state index in [-0.39, 0.29) is 0 Å². The molecule has 0 aromatic heterocycles. The summed E-state index contributed by atoms with van der Waals surface area (Å²) >= 11 is 0. The number of ether oxygens (including phenoxy) is 1. The molecule has 0 radical (unpaired) electrons. The Hall–Kier alpha value is -1.93. The largest absolute Gasteiger partial charge is 0.416 e. The molecule has 0 spiro atoms. The summed E-state index contributed by atoms with van der Waals surface area (Å²) < 4.78 is 43.9. The molecule has 3 atom stereocenters. The Morgan fingerprint density at radius 3 is 2.17 bits per heavy atom. The zero-order valence-electron chi connectivity index (χ0n) is 16.5. The summed E-state index contributed by atoms with van der Waals surface area (Å²) in [5.41, 5.74) is -0.0781. The molecule has 1 saturated heterocycles. The second-order valence-electron chi connectivity index (χ2n) is 7.63. The van der Waals surface area contributed by atoms with E-state index < -0.39 is 29.5 Å². The number of rotatable bonds is 5. The van der Waals surface area contributed by atoms with Crippen LogP contribution in [0.15, 0.2) is 48.5 Å². The van der Waals surface area contributed by atoms with Gasteiger partial charge in [-0.05, 0) is 35.7 Å². The van der Waals surface area contributed by atoms with Crippen LogP contribution in [0.1, 0.15) is 30.9 Å². The number of aliphatic hydroxyl groups excluding tert-OH is 1. The number of alkyl halides is 3. The van der Waals surface area contributed by atoms with Gasteiger partial charge >= 0.3 is 6.18 Å².